The number of furan rings is 1. The van der Waals surface area contributed by atoms with Crippen molar-refractivity contribution in [3.63, 3.8) is 0 Å². The van der Waals surface area contributed by atoms with Crippen molar-refractivity contribution in [1.82, 2.24) is 9.80 Å². The molecule has 0 unspecified atom stereocenters. The first-order valence-electron chi connectivity index (χ1n) is 8.79. The summed E-state index contributed by atoms with van der Waals surface area (Å²) in [4.78, 5) is 40.9. The molecule has 0 aliphatic carbocycles. The lowest BCUT2D eigenvalue weighted by molar-refractivity contribution is -0.127. The Bertz CT molecular complexity index is 1000. The lowest BCUT2D eigenvalue weighted by Gasteiger charge is -2.34. The Morgan fingerprint density at radius 1 is 0.778 bits per heavy atom. The second-order valence-corrected chi connectivity index (χ2v) is 6.43. The van der Waals surface area contributed by atoms with E-state index in [4.69, 9.17) is 4.42 Å². The van der Waals surface area contributed by atoms with Crippen LogP contribution in [0.2, 0.25) is 0 Å². The van der Waals surface area contributed by atoms with E-state index < -0.39 is 11.7 Å². The molecule has 1 aliphatic heterocycles. The summed E-state index contributed by atoms with van der Waals surface area (Å²) < 4.78 is 5.36. The molecule has 1 aliphatic rings. The molecule has 0 saturated carbocycles. The molecule has 6 heteroatoms. The van der Waals surface area contributed by atoms with Gasteiger partial charge in [-0.15, -0.1) is 0 Å². The molecule has 1 saturated heterocycles. The topological polar surface area (TPSA) is 70.8 Å². The quantitative estimate of drug-likeness (QED) is 0.530. The van der Waals surface area contributed by atoms with Crippen LogP contribution >= 0.6 is 0 Å². The maximum atomic E-state index is 12.6. The molecule has 2 amide bonds. The van der Waals surface area contributed by atoms with Crippen LogP contribution in [-0.4, -0.2) is 53.6 Å². The number of para-hydroxylation sites is 1. The average molecular weight is 362 g/mol. The van der Waals surface area contributed by atoms with Crippen molar-refractivity contribution < 1.29 is 18.8 Å². The van der Waals surface area contributed by atoms with Crippen LogP contribution in [-0.2, 0) is 4.79 Å². The zero-order chi connectivity index (χ0) is 18.8. The van der Waals surface area contributed by atoms with Gasteiger partial charge in [-0.2, -0.15) is 0 Å². The maximum absolute atomic E-state index is 12.6. The van der Waals surface area contributed by atoms with E-state index >= 15 is 0 Å². The summed E-state index contributed by atoms with van der Waals surface area (Å²) in [5.74, 6) is -1.20. The Balaban J connectivity index is 1.43. The van der Waals surface area contributed by atoms with Gasteiger partial charge in [-0.3, -0.25) is 14.4 Å². The molecule has 27 heavy (non-hydrogen) atoms. The SMILES string of the molecule is O=C(C(=O)N1CCN(C(=O)c2ccccc2)CC1)c1coc2ccccc12. The van der Waals surface area contributed by atoms with Crippen LogP contribution in [0.15, 0.2) is 65.3 Å². The summed E-state index contributed by atoms with van der Waals surface area (Å²) in [5.41, 5.74) is 1.48. The number of rotatable bonds is 3. The van der Waals surface area contributed by atoms with Crippen molar-refractivity contribution in [2.24, 2.45) is 0 Å². The lowest BCUT2D eigenvalue weighted by atomic mass is 10.1. The molecule has 1 fully saturated rings. The summed E-state index contributed by atoms with van der Waals surface area (Å²) in [6.45, 7) is 1.47. The number of ketones is 1. The van der Waals surface area contributed by atoms with Gasteiger partial charge in [-0.05, 0) is 18.2 Å². The lowest BCUT2D eigenvalue weighted by Crippen LogP contribution is -2.52. The highest BCUT2D eigenvalue weighted by Gasteiger charge is 2.30. The molecule has 0 spiro atoms. The van der Waals surface area contributed by atoms with E-state index in [1.807, 2.05) is 24.3 Å². The highest BCUT2D eigenvalue weighted by molar-refractivity contribution is 6.44. The Kier molecular flexibility index (Phi) is 4.46. The van der Waals surface area contributed by atoms with Crippen molar-refractivity contribution in [3.8, 4) is 0 Å². The number of piperazine rings is 1. The molecule has 6 nitrogen and oxygen atoms in total. The van der Waals surface area contributed by atoms with E-state index in [1.54, 1.807) is 35.2 Å². The molecule has 3 aromatic rings. The molecular weight excluding hydrogens is 344 g/mol. The molecule has 0 atom stereocenters. The standard InChI is InChI=1S/C21H18N2O4/c24-19(17-14-27-18-9-5-4-8-16(17)18)21(26)23-12-10-22(11-13-23)20(25)15-6-2-1-3-7-15/h1-9,14H,10-13H2. The van der Waals surface area contributed by atoms with Crippen LogP contribution in [0.25, 0.3) is 11.0 Å². The maximum Gasteiger partial charge on any atom is 0.295 e. The summed E-state index contributed by atoms with van der Waals surface area (Å²) in [6, 6.07) is 16.2. The van der Waals surface area contributed by atoms with Gasteiger partial charge in [0, 0.05) is 37.1 Å². The number of carbonyl (C=O) groups excluding carboxylic acids is 3. The fourth-order valence-corrected chi connectivity index (χ4v) is 3.29. The highest BCUT2D eigenvalue weighted by atomic mass is 16.3. The number of nitrogens with zero attached hydrogens (tertiary/aromatic N) is 2. The Labute approximate surface area is 156 Å². The zero-order valence-corrected chi connectivity index (χ0v) is 14.6. The number of hydrogen-bond acceptors (Lipinski definition) is 4. The number of Topliss-reactive ketones (excluding diaryl/α,β-unsaturated/α-hetero) is 1. The monoisotopic (exact) mass is 362 g/mol. The third-order valence-electron chi connectivity index (χ3n) is 4.79. The predicted molar refractivity (Wildman–Crippen MR) is 99.5 cm³/mol. The molecule has 136 valence electrons. The molecule has 2 aromatic carbocycles. The van der Waals surface area contributed by atoms with Gasteiger partial charge in [0.2, 0.25) is 0 Å². The van der Waals surface area contributed by atoms with Crippen LogP contribution < -0.4 is 0 Å². The number of hydrogen-bond donors (Lipinski definition) is 0. The third kappa shape index (κ3) is 3.21. The van der Waals surface area contributed by atoms with Crippen molar-refractivity contribution in [1.29, 1.82) is 0 Å². The first kappa shape index (κ1) is 17.0. The second kappa shape index (κ2) is 7.07. The van der Waals surface area contributed by atoms with Gasteiger partial charge in [0.1, 0.15) is 11.8 Å². The molecule has 0 radical (unpaired) electrons. The number of fused-ring (bicyclic) bond motifs is 1. The van der Waals surface area contributed by atoms with E-state index in [2.05, 4.69) is 0 Å². The first-order chi connectivity index (χ1) is 13.1. The summed E-state index contributed by atoms with van der Waals surface area (Å²) in [6.07, 6.45) is 1.33. The molecule has 0 bridgehead atoms. The van der Waals surface area contributed by atoms with Gasteiger partial charge < -0.3 is 14.2 Å². The highest BCUT2D eigenvalue weighted by Crippen LogP contribution is 2.22. The number of amides is 2. The Morgan fingerprint density at radius 3 is 2.15 bits per heavy atom. The smallest absolute Gasteiger partial charge is 0.295 e. The minimum atomic E-state index is -0.581. The average Bonchev–Trinajstić information content (AvgIpc) is 3.17. The molecule has 4 rings (SSSR count). The van der Waals surface area contributed by atoms with Crippen molar-refractivity contribution in [3.05, 3.63) is 72.0 Å². The van der Waals surface area contributed by atoms with Crippen LogP contribution in [0.5, 0.6) is 0 Å². The van der Waals surface area contributed by atoms with E-state index in [-0.39, 0.29) is 11.5 Å². The Morgan fingerprint density at radius 2 is 1.41 bits per heavy atom. The number of benzene rings is 2. The van der Waals surface area contributed by atoms with E-state index in [0.717, 1.165) is 0 Å². The fraction of sp³-hybridized carbons (Fsp3) is 0.190. The normalized spacial score (nSPS) is 14.4. The summed E-state index contributed by atoms with van der Waals surface area (Å²) >= 11 is 0. The third-order valence-corrected chi connectivity index (χ3v) is 4.79. The second-order valence-electron chi connectivity index (χ2n) is 6.43. The molecular formula is C21H18N2O4. The van der Waals surface area contributed by atoms with Crippen LogP contribution in [0, 0.1) is 0 Å². The van der Waals surface area contributed by atoms with Crippen LogP contribution in [0.3, 0.4) is 0 Å². The van der Waals surface area contributed by atoms with Gasteiger partial charge >= 0.3 is 0 Å². The van der Waals surface area contributed by atoms with Crippen LogP contribution in [0.4, 0.5) is 0 Å². The van der Waals surface area contributed by atoms with Crippen molar-refractivity contribution in [2.45, 2.75) is 0 Å². The van der Waals surface area contributed by atoms with Crippen LogP contribution in [0.1, 0.15) is 20.7 Å². The molecule has 1 aromatic heterocycles. The van der Waals surface area contributed by atoms with E-state index in [1.165, 1.54) is 11.2 Å². The molecule has 0 N–H and O–H groups in total. The van der Waals surface area contributed by atoms with Gasteiger partial charge in [0.05, 0.1) is 5.56 Å². The largest absolute Gasteiger partial charge is 0.464 e. The van der Waals surface area contributed by atoms with Crippen molar-refractivity contribution >= 4 is 28.6 Å². The predicted octanol–water partition coefficient (Wildman–Crippen LogP) is 2.60. The first-order valence-corrected chi connectivity index (χ1v) is 8.79. The zero-order valence-electron chi connectivity index (χ0n) is 14.6. The summed E-state index contributed by atoms with van der Waals surface area (Å²) in [7, 11) is 0. The number of carbonyl (C=O) groups is 3. The minimum Gasteiger partial charge on any atom is -0.464 e. The van der Waals surface area contributed by atoms with Gasteiger partial charge in [-0.25, -0.2) is 0 Å². The molecule has 2 heterocycles. The Hall–Kier alpha value is -3.41. The van der Waals surface area contributed by atoms with Gasteiger partial charge in [0.15, 0.2) is 0 Å². The summed E-state index contributed by atoms with van der Waals surface area (Å²) in [5, 5.41) is 0.633. The van der Waals surface area contributed by atoms with Gasteiger partial charge in [-0.1, -0.05) is 36.4 Å². The fourth-order valence-electron chi connectivity index (χ4n) is 3.29. The van der Waals surface area contributed by atoms with E-state index in [0.29, 0.717) is 42.7 Å². The van der Waals surface area contributed by atoms with Crippen molar-refractivity contribution in [2.75, 3.05) is 26.2 Å². The van der Waals surface area contributed by atoms with E-state index in [9.17, 15) is 14.4 Å². The minimum absolute atomic E-state index is 0.0603. The van der Waals surface area contributed by atoms with Gasteiger partial charge in [0.25, 0.3) is 17.6 Å².